The molecule has 0 aliphatic carbocycles. The number of aromatic nitrogens is 1. The molecule has 1 aliphatic rings. The number of pyridine rings is 1. The van der Waals surface area contributed by atoms with E-state index in [9.17, 15) is 14.7 Å². The lowest BCUT2D eigenvalue weighted by Crippen LogP contribution is -2.21. The highest BCUT2D eigenvalue weighted by Crippen LogP contribution is 2.48. The van der Waals surface area contributed by atoms with Crippen molar-refractivity contribution < 1.29 is 24.2 Å². The lowest BCUT2D eigenvalue weighted by Gasteiger charge is -2.25. The normalized spacial score (nSPS) is 14.6. The first kappa shape index (κ1) is 24.2. The largest absolute Gasteiger partial charge is 0.492 e. The van der Waals surface area contributed by atoms with Crippen LogP contribution in [0.1, 0.15) is 28.3 Å². The maximum atomic E-state index is 12.7. The Morgan fingerprint density at radius 1 is 1.03 bits per heavy atom. The van der Waals surface area contributed by atoms with E-state index in [0.717, 1.165) is 5.39 Å². The van der Waals surface area contributed by atoms with Gasteiger partial charge in [-0.1, -0.05) is 34.8 Å². The molecule has 5 rings (SSSR count). The number of nitrogens with zero attached hydrogens (tertiary/aromatic N) is 1. The molecule has 182 valence electrons. The summed E-state index contributed by atoms with van der Waals surface area (Å²) < 4.78 is 11.5. The third-order valence-electron chi connectivity index (χ3n) is 5.72. The molecule has 4 aromatic rings. The Hall–Kier alpha value is -3.52. The van der Waals surface area contributed by atoms with Gasteiger partial charge < -0.3 is 19.9 Å². The van der Waals surface area contributed by atoms with Gasteiger partial charge in [0.1, 0.15) is 22.3 Å². The van der Waals surface area contributed by atoms with Gasteiger partial charge in [0.25, 0.3) is 5.91 Å². The molecule has 7 nitrogen and oxygen atoms in total. The number of halogens is 3. The molecule has 1 atom stereocenters. The maximum Gasteiger partial charge on any atom is 0.311 e. The zero-order valence-corrected chi connectivity index (χ0v) is 20.7. The molecule has 0 radical (unpaired) electrons. The average Bonchev–Trinajstić information content (AvgIpc) is 2.86. The molecule has 1 amide bonds. The van der Waals surface area contributed by atoms with Gasteiger partial charge in [0.05, 0.1) is 23.1 Å². The molecule has 2 heterocycles. The molecule has 36 heavy (non-hydrogen) atoms. The highest BCUT2D eigenvalue weighted by atomic mass is 35.5. The number of carboxylic acid groups (broad SMARTS) is 1. The Morgan fingerprint density at radius 2 is 1.81 bits per heavy atom. The van der Waals surface area contributed by atoms with E-state index in [4.69, 9.17) is 44.3 Å². The van der Waals surface area contributed by atoms with Crippen molar-refractivity contribution in [1.29, 1.82) is 0 Å². The van der Waals surface area contributed by atoms with E-state index in [2.05, 4.69) is 10.3 Å². The van der Waals surface area contributed by atoms with Crippen LogP contribution in [0.2, 0.25) is 15.1 Å². The summed E-state index contributed by atoms with van der Waals surface area (Å²) in [6.45, 7) is 0.217. The van der Waals surface area contributed by atoms with Crippen molar-refractivity contribution in [3.05, 3.63) is 86.9 Å². The van der Waals surface area contributed by atoms with Crippen molar-refractivity contribution in [3.63, 3.8) is 0 Å². The van der Waals surface area contributed by atoms with Gasteiger partial charge in [-0.05, 0) is 67.1 Å². The molecule has 2 N–H and O–H groups in total. The number of hydrogen-bond acceptors (Lipinski definition) is 5. The Bertz CT molecular complexity index is 1510. The van der Waals surface area contributed by atoms with Crippen LogP contribution < -0.4 is 14.8 Å². The Balaban J connectivity index is 1.33. The Kier molecular flexibility index (Phi) is 6.62. The molecule has 0 spiro atoms. The predicted octanol–water partition coefficient (Wildman–Crippen LogP) is 7.19. The molecule has 0 fully saturated rings. The van der Waals surface area contributed by atoms with E-state index < -0.39 is 11.9 Å². The quantitative estimate of drug-likeness (QED) is 0.276. The topological polar surface area (TPSA) is 97.8 Å². The molecule has 1 aromatic heterocycles. The molecule has 3 aromatic carbocycles. The number of fused-ring (bicyclic) bond motifs is 2. The number of carbonyl (C=O) groups is 2. The third-order valence-corrected chi connectivity index (χ3v) is 6.57. The third kappa shape index (κ3) is 4.78. The predicted molar refractivity (Wildman–Crippen MR) is 138 cm³/mol. The number of anilines is 1. The Morgan fingerprint density at radius 3 is 2.56 bits per heavy atom. The van der Waals surface area contributed by atoms with Crippen LogP contribution in [0.5, 0.6) is 17.2 Å². The highest BCUT2D eigenvalue weighted by Gasteiger charge is 2.32. The van der Waals surface area contributed by atoms with E-state index in [-0.39, 0.29) is 34.1 Å². The second-order valence-electron chi connectivity index (χ2n) is 8.06. The van der Waals surface area contributed by atoms with Crippen molar-refractivity contribution in [3.8, 4) is 17.2 Å². The summed E-state index contributed by atoms with van der Waals surface area (Å²) in [5.74, 6) is -0.913. The summed E-state index contributed by atoms with van der Waals surface area (Å²) in [6.07, 6.45) is 0.321. The van der Waals surface area contributed by atoms with Crippen molar-refractivity contribution in [2.45, 2.75) is 12.3 Å². The van der Waals surface area contributed by atoms with E-state index in [1.54, 1.807) is 48.5 Å². The molecule has 10 heteroatoms. The van der Waals surface area contributed by atoms with Crippen LogP contribution in [0.25, 0.3) is 10.9 Å². The van der Waals surface area contributed by atoms with Crippen LogP contribution in [0, 0.1) is 0 Å². The number of carbonyl (C=O) groups excluding carboxylic acids is 1. The first-order chi connectivity index (χ1) is 17.3. The minimum absolute atomic E-state index is 0.0916. The van der Waals surface area contributed by atoms with Gasteiger partial charge >= 0.3 is 5.97 Å². The van der Waals surface area contributed by atoms with Gasteiger partial charge in [0, 0.05) is 21.5 Å². The van der Waals surface area contributed by atoms with Crippen LogP contribution in [0.3, 0.4) is 0 Å². The van der Waals surface area contributed by atoms with Crippen molar-refractivity contribution in [2.75, 3.05) is 11.9 Å². The minimum atomic E-state index is -0.975. The number of amides is 1. The second-order valence-corrected chi connectivity index (χ2v) is 9.28. The summed E-state index contributed by atoms with van der Waals surface area (Å²) in [5, 5.41) is 14.0. The fourth-order valence-electron chi connectivity index (χ4n) is 3.94. The summed E-state index contributed by atoms with van der Waals surface area (Å²) in [4.78, 5) is 28.7. The van der Waals surface area contributed by atoms with E-state index >= 15 is 0 Å². The molecular formula is C26H17Cl3N2O5. The fraction of sp³-hybridized carbons (Fsp3) is 0.115. The molecule has 0 saturated heterocycles. The lowest BCUT2D eigenvalue weighted by molar-refractivity contribution is -0.139. The van der Waals surface area contributed by atoms with Crippen molar-refractivity contribution >= 4 is 63.4 Å². The maximum absolute atomic E-state index is 12.7. The SMILES string of the molecule is O=C(Nc1ccc2cc(Cl)ccc2n1)c1ccc(Oc2c(Cl)cc3c(c2Cl)OCCC3C(=O)O)cc1. The summed E-state index contributed by atoms with van der Waals surface area (Å²) in [6, 6.07) is 16.7. The van der Waals surface area contributed by atoms with Gasteiger partial charge in [-0.3, -0.25) is 9.59 Å². The number of rotatable bonds is 5. The van der Waals surface area contributed by atoms with Gasteiger partial charge in [-0.2, -0.15) is 0 Å². The molecule has 1 unspecified atom stereocenters. The first-order valence-electron chi connectivity index (χ1n) is 10.8. The number of benzene rings is 3. The smallest absolute Gasteiger partial charge is 0.311 e. The van der Waals surface area contributed by atoms with Gasteiger partial charge in [0.15, 0.2) is 5.75 Å². The average molecular weight is 544 g/mol. The van der Waals surface area contributed by atoms with Crippen LogP contribution in [0.15, 0.2) is 60.7 Å². The zero-order valence-electron chi connectivity index (χ0n) is 18.4. The van der Waals surface area contributed by atoms with Crippen molar-refractivity contribution in [2.24, 2.45) is 0 Å². The summed E-state index contributed by atoms with van der Waals surface area (Å²) >= 11 is 18.8. The second kappa shape index (κ2) is 9.85. The highest BCUT2D eigenvalue weighted by molar-refractivity contribution is 6.38. The Labute approximate surface area is 220 Å². The summed E-state index contributed by atoms with van der Waals surface area (Å²) in [7, 11) is 0. The number of nitrogens with one attached hydrogen (secondary N) is 1. The zero-order chi connectivity index (χ0) is 25.4. The van der Waals surface area contributed by atoms with Gasteiger partial charge in [-0.25, -0.2) is 4.98 Å². The minimum Gasteiger partial charge on any atom is -0.492 e. The van der Waals surface area contributed by atoms with Crippen LogP contribution in [-0.2, 0) is 4.79 Å². The van der Waals surface area contributed by atoms with E-state index in [1.165, 1.54) is 6.07 Å². The first-order valence-corrected chi connectivity index (χ1v) is 12.0. The van der Waals surface area contributed by atoms with Gasteiger partial charge in [-0.15, -0.1) is 0 Å². The number of carboxylic acids is 1. The monoisotopic (exact) mass is 542 g/mol. The lowest BCUT2D eigenvalue weighted by atomic mass is 9.93. The fourth-order valence-corrected chi connectivity index (χ4v) is 4.72. The molecule has 0 saturated carbocycles. The van der Waals surface area contributed by atoms with Crippen LogP contribution in [-0.4, -0.2) is 28.6 Å². The van der Waals surface area contributed by atoms with Crippen LogP contribution >= 0.6 is 34.8 Å². The number of aliphatic carboxylic acids is 1. The van der Waals surface area contributed by atoms with Crippen LogP contribution in [0.4, 0.5) is 5.82 Å². The van der Waals surface area contributed by atoms with E-state index in [0.29, 0.717) is 39.7 Å². The number of ether oxygens (including phenoxy) is 2. The molecular weight excluding hydrogens is 527 g/mol. The van der Waals surface area contributed by atoms with E-state index in [1.807, 2.05) is 6.07 Å². The molecule has 0 bridgehead atoms. The number of hydrogen-bond donors (Lipinski definition) is 2. The summed E-state index contributed by atoms with van der Waals surface area (Å²) in [5.41, 5.74) is 1.50. The standard InChI is InChI=1S/C26H17Cl3N2O5/c27-15-4-7-20-14(11-15)3-8-21(30-20)31-25(32)13-1-5-16(6-2-13)36-24-19(28)12-18-17(26(33)34)9-10-35-23(18)22(24)29/h1-8,11-12,17H,9-10H2,(H,33,34)(H,30,31,32). The van der Waals surface area contributed by atoms with Gasteiger partial charge in [0.2, 0.25) is 0 Å². The molecule has 1 aliphatic heterocycles. The van der Waals surface area contributed by atoms with Crippen molar-refractivity contribution in [1.82, 2.24) is 4.98 Å².